The van der Waals surface area contributed by atoms with Crippen LogP contribution in [0.5, 0.6) is 0 Å². The molecule has 1 aromatic carbocycles. The van der Waals surface area contributed by atoms with Gasteiger partial charge in [0, 0.05) is 26.2 Å². The van der Waals surface area contributed by atoms with Crippen LogP contribution in [0.1, 0.15) is 30.9 Å². The monoisotopic (exact) mass is 356 g/mol. The van der Waals surface area contributed by atoms with Crippen molar-refractivity contribution in [3.63, 3.8) is 0 Å². The third-order valence-electron chi connectivity index (χ3n) is 5.18. The van der Waals surface area contributed by atoms with Crippen LogP contribution >= 0.6 is 0 Å². The molecule has 1 aliphatic carbocycles. The number of nitrogens with one attached hydrogen (secondary N) is 1. The molecule has 1 saturated carbocycles. The van der Waals surface area contributed by atoms with Gasteiger partial charge in [0.2, 0.25) is 11.8 Å². The summed E-state index contributed by atoms with van der Waals surface area (Å²) >= 11 is 0. The molecule has 1 aliphatic heterocycles. The highest BCUT2D eigenvalue weighted by atomic mass is 19.1. The minimum Gasteiger partial charge on any atom is -0.338 e. The largest absolute Gasteiger partial charge is 0.338 e. The molecule has 2 fully saturated rings. The molecule has 2 unspecified atom stereocenters. The summed E-state index contributed by atoms with van der Waals surface area (Å²) in [5, 5.41) is 7.15. The molecule has 0 spiro atoms. The summed E-state index contributed by atoms with van der Waals surface area (Å²) < 4.78 is 15.1. The summed E-state index contributed by atoms with van der Waals surface area (Å²) in [7, 11) is 1.68. The number of carbonyl (C=O) groups is 2. The second-order valence-corrected chi connectivity index (χ2v) is 7.20. The zero-order valence-electron chi connectivity index (χ0n) is 14.6. The Labute approximate surface area is 151 Å². The third-order valence-corrected chi connectivity index (χ3v) is 5.18. The van der Waals surface area contributed by atoms with E-state index in [1.54, 1.807) is 30.3 Å². The average molecular weight is 356 g/mol. The highest BCUT2D eigenvalue weighted by molar-refractivity contribution is 5.97. The van der Waals surface area contributed by atoms with Gasteiger partial charge in [-0.2, -0.15) is 5.10 Å². The van der Waals surface area contributed by atoms with E-state index < -0.39 is 12.0 Å². The van der Waals surface area contributed by atoms with Crippen molar-refractivity contribution in [3.8, 4) is 0 Å². The fourth-order valence-electron chi connectivity index (χ4n) is 3.55. The molecule has 2 aromatic rings. The van der Waals surface area contributed by atoms with Gasteiger partial charge in [-0.05, 0) is 36.5 Å². The third kappa shape index (κ3) is 3.34. The first kappa shape index (κ1) is 16.8. The van der Waals surface area contributed by atoms with Crippen molar-refractivity contribution >= 4 is 17.5 Å². The molecule has 7 heteroatoms. The molecule has 6 nitrogen and oxygen atoms in total. The number of rotatable bonds is 5. The molecular formula is C19H21FN4O2. The van der Waals surface area contributed by atoms with E-state index in [2.05, 4.69) is 10.4 Å². The van der Waals surface area contributed by atoms with Gasteiger partial charge in [0.25, 0.3) is 0 Å². The SMILES string of the molecule is CN1C(=O)CC(C(=O)Nc2cnn(CC3CC3)c2)C1c1ccc(F)cc1. The number of carbonyl (C=O) groups excluding carboxylic acids is 2. The normalized spacial score (nSPS) is 22.7. The summed E-state index contributed by atoms with van der Waals surface area (Å²) in [4.78, 5) is 26.5. The number of hydrogen-bond donors (Lipinski definition) is 1. The van der Waals surface area contributed by atoms with E-state index in [0.717, 1.165) is 12.1 Å². The first-order chi connectivity index (χ1) is 12.5. The van der Waals surface area contributed by atoms with Crippen LogP contribution < -0.4 is 5.32 Å². The van der Waals surface area contributed by atoms with Crippen molar-refractivity contribution < 1.29 is 14.0 Å². The Morgan fingerprint density at radius 2 is 2.04 bits per heavy atom. The first-order valence-corrected chi connectivity index (χ1v) is 8.85. The number of nitrogens with zero attached hydrogens (tertiary/aromatic N) is 3. The van der Waals surface area contributed by atoms with Gasteiger partial charge in [0.1, 0.15) is 5.82 Å². The molecule has 2 amide bonds. The van der Waals surface area contributed by atoms with E-state index >= 15 is 0 Å². The molecule has 1 saturated heterocycles. The second kappa shape index (κ2) is 6.55. The van der Waals surface area contributed by atoms with Crippen molar-refractivity contribution in [1.29, 1.82) is 0 Å². The quantitative estimate of drug-likeness (QED) is 0.895. The number of amides is 2. The Morgan fingerprint density at radius 1 is 1.31 bits per heavy atom. The molecule has 4 rings (SSSR count). The van der Waals surface area contributed by atoms with Gasteiger partial charge in [0.15, 0.2) is 0 Å². The van der Waals surface area contributed by atoms with Crippen molar-refractivity contribution in [3.05, 3.63) is 48.0 Å². The molecule has 2 heterocycles. The summed E-state index contributed by atoms with van der Waals surface area (Å²) in [6.07, 6.45) is 6.06. The molecule has 1 N–H and O–H groups in total. The van der Waals surface area contributed by atoms with Crippen LogP contribution in [0.25, 0.3) is 0 Å². The van der Waals surface area contributed by atoms with Crippen molar-refractivity contribution in [2.45, 2.75) is 31.8 Å². The van der Waals surface area contributed by atoms with Crippen molar-refractivity contribution in [2.75, 3.05) is 12.4 Å². The molecule has 1 aromatic heterocycles. The van der Waals surface area contributed by atoms with Crippen LogP contribution in [0.4, 0.5) is 10.1 Å². The zero-order valence-corrected chi connectivity index (χ0v) is 14.6. The van der Waals surface area contributed by atoms with Crippen molar-refractivity contribution in [1.82, 2.24) is 14.7 Å². The van der Waals surface area contributed by atoms with Crippen LogP contribution in [-0.2, 0) is 16.1 Å². The van der Waals surface area contributed by atoms with Gasteiger partial charge < -0.3 is 10.2 Å². The van der Waals surface area contributed by atoms with Crippen molar-refractivity contribution in [2.24, 2.45) is 11.8 Å². The topological polar surface area (TPSA) is 67.2 Å². The Kier molecular flexibility index (Phi) is 4.22. The smallest absolute Gasteiger partial charge is 0.230 e. The van der Waals surface area contributed by atoms with Gasteiger partial charge in [-0.1, -0.05) is 12.1 Å². The lowest BCUT2D eigenvalue weighted by Gasteiger charge is -2.24. The van der Waals surface area contributed by atoms with Gasteiger partial charge in [-0.3, -0.25) is 14.3 Å². The van der Waals surface area contributed by atoms with E-state index in [-0.39, 0.29) is 24.1 Å². The lowest BCUT2D eigenvalue weighted by Crippen LogP contribution is -2.30. The average Bonchev–Trinajstić information content (AvgIpc) is 3.24. The first-order valence-electron chi connectivity index (χ1n) is 8.85. The van der Waals surface area contributed by atoms with Crippen LogP contribution in [0.2, 0.25) is 0 Å². The van der Waals surface area contributed by atoms with Crippen LogP contribution in [0.3, 0.4) is 0 Å². The molecule has 2 aliphatic rings. The van der Waals surface area contributed by atoms with Gasteiger partial charge >= 0.3 is 0 Å². The van der Waals surface area contributed by atoms with Gasteiger partial charge in [0.05, 0.1) is 23.8 Å². The minimum absolute atomic E-state index is 0.0936. The lowest BCUT2D eigenvalue weighted by molar-refractivity contribution is -0.127. The summed E-state index contributed by atoms with van der Waals surface area (Å²) in [5.41, 5.74) is 1.39. The van der Waals surface area contributed by atoms with E-state index in [1.165, 1.54) is 25.0 Å². The second-order valence-electron chi connectivity index (χ2n) is 7.20. The van der Waals surface area contributed by atoms with E-state index in [0.29, 0.717) is 11.6 Å². The predicted octanol–water partition coefficient (Wildman–Crippen LogP) is 2.59. The predicted molar refractivity (Wildman–Crippen MR) is 93.6 cm³/mol. The molecule has 26 heavy (non-hydrogen) atoms. The Balaban J connectivity index is 1.50. The fourth-order valence-corrected chi connectivity index (χ4v) is 3.55. The Hall–Kier alpha value is -2.70. The summed E-state index contributed by atoms with van der Waals surface area (Å²) in [5.74, 6) is -0.483. The maximum atomic E-state index is 13.2. The molecular weight excluding hydrogens is 335 g/mol. The molecule has 2 atom stereocenters. The van der Waals surface area contributed by atoms with E-state index in [4.69, 9.17) is 0 Å². The molecule has 0 bridgehead atoms. The summed E-state index contributed by atoms with van der Waals surface area (Å²) in [6.45, 7) is 0.874. The summed E-state index contributed by atoms with van der Waals surface area (Å²) in [6, 6.07) is 5.56. The highest BCUT2D eigenvalue weighted by Crippen LogP contribution is 2.37. The van der Waals surface area contributed by atoms with E-state index in [9.17, 15) is 14.0 Å². The van der Waals surface area contributed by atoms with Gasteiger partial charge in [-0.25, -0.2) is 4.39 Å². The number of aromatic nitrogens is 2. The highest BCUT2D eigenvalue weighted by Gasteiger charge is 2.42. The molecule has 0 radical (unpaired) electrons. The number of likely N-dealkylation sites (tertiary alicyclic amines) is 1. The fraction of sp³-hybridized carbons (Fsp3) is 0.421. The number of hydrogen-bond acceptors (Lipinski definition) is 3. The lowest BCUT2D eigenvalue weighted by atomic mass is 9.93. The standard InChI is InChI=1S/C19H21FN4O2/c1-23-17(25)8-16(18(23)13-4-6-14(20)7-5-13)19(26)22-15-9-21-24(11-15)10-12-2-3-12/h4-7,9,11-12,16,18H,2-3,8,10H2,1H3,(H,22,26). The van der Waals surface area contributed by atoms with Crippen LogP contribution in [-0.4, -0.2) is 33.5 Å². The minimum atomic E-state index is -0.523. The molecule has 136 valence electrons. The van der Waals surface area contributed by atoms with Gasteiger partial charge in [-0.15, -0.1) is 0 Å². The Bertz CT molecular complexity index is 828. The number of benzene rings is 1. The zero-order chi connectivity index (χ0) is 18.3. The van der Waals surface area contributed by atoms with Crippen LogP contribution in [0.15, 0.2) is 36.7 Å². The maximum absolute atomic E-state index is 13.2. The maximum Gasteiger partial charge on any atom is 0.230 e. The van der Waals surface area contributed by atoms with Crippen LogP contribution in [0, 0.1) is 17.7 Å². The number of anilines is 1. The number of halogens is 1. The van der Waals surface area contributed by atoms with E-state index in [1.807, 2.05) is 10.9 Å². The Morgan fingerprint density at radius 3 is 2.73 bits per heavy atom.